The average Bonchev–Trinajstić information content (AvgIpc) is 2.17. The zero-order valence-electron chi connectivity index (χ0n) is 10.5. The summed E-state index contributed by atoms with van der Waals surface area (Å²) in [7, 11) is 0. The number of ether oxygens (including phenoxy) is 1. The van der Waals surface area contributed by atoms with Crippen molar-refractivity contribution in [1.29, 1.82) is 0 Å². The van der Waals surface area contributed by atoms with E-state index in [1.165, 1.54) is 12.1 Å². The van der Waals surface area contributed by atoms with Gasteiger partial charge in [-0.1, -0.05) is 39.0 Å². The zero-order valence-corrected chi connectivity index (χ0v) is 10.5. The second-order valence-electron chi connectivity index (χ2n) is 5.05. The monoisotopic (exact) mass is 262 g/mol. The predicted molar refractivity (Wildman–Crippen MR) is 62.6 cm³/mol. The molecule has 0 spiro atoms. The molecular weight excluding hydrogens is 245 g/mol. The van der Waals surface area contributed by atoms with Crippen LogP contribution in [0.25, 0.3) is 0 Å². The zero-order chi connectivity index (χ0) is 14.0. The lowest BCUT2D eigenvalue weighted by atomic mass is 9.82. The van der Waals surface area contributed by atoms with Crippen LogP contribution in [0.3, 0.4) is 0 Å². The number of hydrogen-bond donors (Lipinski definition) is 2. The van der Waals surface area contributed by atoms with Crippen LogP contribution in [-0.4, -0.2) is 6.36 Å². The summed E-state index contributed by atoms with van der Waals surface area (Å²) in [6.07, 6.45) is -4.72. The molecule has 0 bridgehead atoms. The molecule has 18 heavy (non-hydrogen) atoms. The van der Waals surface area contributed by atoms with Crippen molar-refractivity contribution < 1.29 is 17.9 Å². The normalized spacial score (nSPS) is 14.4. The van der Waals surface area contributed by atoms with E-state index < -0.39 is 12.4 Å². The lowest BCUT2D eigenvalue weighted by Crippen LogP contribution is -2.37. The predicted octanol–water partition coefficient (Wildman–Crippen LogP) is 3.14. The van der Waals surface area contributed by atoms with E-state index in [4.69, 9.17) is 5.84 Å². The Morgan fingerprint density at radius 3 is 2.17 bits per heavy atom. The molecule has 0 saturated carbocycles. The van der Waals surface area contributed by atoms with E-state index >= 15 is 0 Å². The van der Waals surface area contributed by atoms with Gasteiger partial charge in [-0.05, 0) is 11.5 Å². The van der Waals surface area contributed by atoms with Crippen molar-refractivity contribution in [2.24, 2.45) is 11.3 Å². The Morgan fingerprint density at radius 1 is 1.17 bits per heavy atom. The van der Waals surface area contributed by atoms with Gasteiger partial charge in [-0.2, -0.15) is 0 Å². The van der Waals surface area contributed by atoms with Gasteiger partial charge in [0.15, 0.2) is 0 Å². The number of hydrogen-bond acceptors (Lipinski definition) is 3. The topological polar surface area (TPSA) is 47.3 Å². The number of halogens is 3. The van der Waals surface area contributed by atoms with Crippen molar-refractivity contribution >= 4 is 0 Å². The lowest BCUT2D eigenvalue weighted by Gasteiger charge is -2.31. The first-order chi connectivity index (χ1) is 8.15. The third-order valence-electron chi connectivity index (χ3n) is 2.49. The molecule has 0 aromatic heterocycles. The number of hydrazine groups is 1. The van der Waals surface area contributed by atoms with Gasteiger partial charge in [-0.25, -0.2) is 0 Å². The highest BCUT2D eigenvalue weighted by Gasteiger charge is 2.34. The van der Waals surface area contributed by atoms with E-state index in [1.807, 2.05) is 20.8 Å². The van der Waals surface area contributed by atoms with E-state index in [0.29, 0.717) is 5.56 Å². The Hall–Kier alpha value is -1.27. The summed E-state index contributed by atoms with van der Waals surface area (Å²) in [5.74, 6) is 5.20. The maximum atomic E-state index is 12.3. The molecular formula is C12H17F3N2O. The maximum absolute atomic E-state index is 12.3. The fourth-order valence-corrected chi connectivity index (χ4v) is 1.74. The summed E-state index contributed by atoms with van der Waals surface area (Å²) in [5.41, 5.74) is 2.57. The van der Waals surface area contributed by atoms with Gasteiger partial charge in [0.1, 0.15) is 5.75 Å². The largest absolute Gasteiger partial charge is 0.573 e. The summed E-state index contributed by atoms with van der Waals surface area (Å²) in [6, 6.07) is 5.53. The molecule has 1 atom stereocenters. The molecule has 0 saturated heterocycles. The van der Waals surface area contributed by atoms with Crippen LogP contribution in [0.5, 0.6) is 5.75 Å². The van der Waals surface area contributed by atoms with E-state index in [2.05, 4.69) is 10.2 Å². The number of nitrogens with one attached hydrogen (secondary N) is 1. The lowest BCUT2D eigenvalue weighted by molar-refractivity contribution is -0.275. The minimum atomic E-state index is -4.72. The summed E-state index contributed by atoms with van der Waals surface area (Å²) in [6.45, 7) is 5.63. The summed E-state index contributed by atoms with van der Waals surface area (Å²) >= 11 is 0. The highest BCUT2D eigenvalue weighted by atomic mass is 19.4. The van der Waals surface area contributed by atoms with Crippen LogP contribution >= 0.6 is 0 Å². The quantitative estimate of drug-likeness (QED) is 0.650. The maximum Gasteiger partial charge on any atom is 0.573 e. The van der Waals surface area contributed by atoms with Crippen LogP contribution in [0.2, 0.25) is 0 Å². The first kappa shape index (κ1) is 14.8. The third kappa shape index (κ3) is 3.89. The van der Waals surface area contributed by atoms with Gasteiger partial charge < -0.3 is 4.74 Å². The van der Waals surface area contributed by atoms with Crippen molar-refractivity contribution in [3.05, 3.63) is 29.8 Å². The van der Waals surface area contributed by atoms with Crippen LogP contribution in [0, 0.1) is 5.41 Å². The highest BCUT2D eigenvalue weighted by molar-refractivity contribution is 5.37. The van der Waals surface area contributed by atoms with E-state index in [9.17, 15) is 13.2 Å². The van der Waals surface area contributed by atoms with E-state index in [-0.39, 0.29) is 11.2 Å². The molecule has 1 rings (SSSR count). The second kappa shape index (κ2) is 5.16. The highest BCUT2D eigenvalue weighted by Crippen LogP contribution is 2.38. The number of alkyl halides is 3. The molecule has 3 N–H and O–H groups in total. The van der Waals surface area contributed by atoms with Crippen molar-refractivity contribution in [3.63, 3.8) is 0 Å². The van der Waals surface area contributed by atoms with Crippen LogP contribution in [0.4, 0.5) is 13.2 Å². The first-order valence-electron chi connectivity index (χ1n) is 5.46. The molecule has 0 aliphatic rings. The number of benzene rings is 1. The van der Waals surface area contributed by atoms with E-state index in [1.54, 1.807) is 12.1 Å². The van der Waals surface area contributed by atoms with Gasteiger partial charge in [0.05, 0.1) is 6.04 Å². The average molecular weight is 262 g/mol. The number of para-hydroxylation sites is 1. The molecule has 1 aromatic rings. The van der Waals surface area contributed by atoms with Crippen LogP contribution in [0.15, 0.2) is 24.3 Å². The Kier molecular flexibility index (Phi) is 4.24. The fourth-order valence-electron chi connectivity index (χ4n) is 1.74. The Balaban J connectivity index is 3.15. The Bertz CT molecular complexity index is 399. The third-order valence-corrected chi connectivity index (χ3v) is 2.49. The Morgan fingerprint density at radius 2 is 1.72 bits per heavy atom. The molecule has 6 heteroatoms. The molecule has 0 aliphatic carbocycles. The molecule has 1 aromatic carbocycles. The first-order valence-corrected chi connectivity index (χ1v) is 5.46. The minimum absolute atomic E-state index is 0.233. The molecule has 102 valence electrons. The summed E-state index contributed by atoms with van der Waals surface area (Å²) in [4.78, 5) is 0. The van der Waals surface area contributed by atoms with Crippen LogP contribution in [0.1, 0.15) is 32.4 Å². The van der Waals surface area contributed by atoms with Crippen molar-refractivity contribution in [2.75, 3.05) is 0 Å². The Labute approximate surface area is 104 Å². The molecule has 0 heterocycles. The van der Waals surface area contributed by atoms with Crippen LogP contribution in [-0.2, 0) is 0 Å². The van der Waals surface area contributed by atoms with Gasteiger partial charge in [-0.3, -0.25) is 11.3 Å². The summed E-state index contributed by atoms with van der Waals surface area (Å²) in [5, 5.41) is 0. The number of rotatable bonds is 3. The van der Waals surface area contributed by atoms with Crippen molar-refractivity contribution in [1.82, 2.24) is 5.43 Å². The smallest absolute Gasteiger partial charge is 0.405 e. The molecule has 3 nitrogen and oxygen atoms in total. The molecule has 0 aliphatic heterocycles. The minimum Gasteiger partial charge on any atom is -0.405 e. The molecule has 0 fully saturated rings. The van der Waals surface area contributed by atoms with Gasteiger partial charge in [-0.15, -0.1) is 13.2 Å². The molecule has 0 radical (unpaired) electrons. The van der Waals surface area contributed by atoms with Gasteiger partial charge in [0.2, 0.25) is 0 Å². The van der Waals surface area contributed by atoms with E-state index in [0.717, 1.165) is 0 Å². The van der Waals surface area contributed by atoms with Crippen LogP contribution < -0.4 is 16.0 Å². The fraction of sp³-hybridized carbons (Fsp3) is 0.500. The van der Waals surface area contributed by atoms with Gasteiger partial charge >= 0.3 is 6.36 Å². The van der Waals surface area contributed by atoms with Gasteiger partial charge in [0.25, 0.3) is 0 Å². The standard InChI is InChI=1S/C12H17F3N2O/c1-11(2,3)10(17-16)8-6-4-5-7-9(8)18-12(13,14)15/h4-7,10,17H,16H2,1-3H3. The number of nitrogens with two attached hydrogens (primary N) is 1. The second-order valence-corrected chi connectivity index (χ2v) is 5.05. The molecule has 1 unspecified atom stereocenters. The van der Waals surface area contributed by atoms with Crippen molar-refractivity contribution in [2.45, 2.75) is 33.2 Å². The van der Waals surface area contributed by atoms with Crippen molar-refractivity contribution in [3.8, 4) is 5.75 Å². The molecule has 0 amide bonds. The SMILES string of the molecule is CC(C)(C)C(NN)c1ccccc1OC(F)(F)F. The summed E-state index contributed by atoms with van der Waals surface area (Å²) < 4.78 is 40.9. The van der Waals surface area contributed by atoms with Gasteiger partial charge in [0, 0.05) is 5.56 Å².